The Morgan fingerprint density at radius 3 is 2.64 bits per heavy atom. The van der Waals surface area contributed by atoms with Crippen molar-refractivity contribution in [1.82, 2.24) is 15.4 Å². The van der Waals surface area contributed by atoms with Crippen molar-refractivity contribution in [3.8, 4) is 11.3 Å². The second kappa shape index (κ2) is 7.64. The second-order valence-corrected chi connectivity index (χ2v) is 6.97. The first-order valence-electron chi connectivity index (χ1n) is 7.59. The number of aromatic amines is 1. The van der Waals surface area contributed by atoms with Gasteiger partial charge in [0.25, 0.3) is 0 Å². The van der Waals surface area contributed by atoms with E-state index in [1.54, 1.807) is 45.9 Å². The largest absolute Gasteiger partial charge is 0.461 e. The normalized spacial score (nSPS) is 11.1. The number of nitrogens with zero attached hydrogens (tertiary/aromatic N) is 2. The Labute approximate surface area is 153 Å². The molecule has 9 heteroatoms. The van der Waals surface area contributed by atoms with Crippen molar-refractivity contribution in [3.05, 3.63) is 28.4 Å². The van der Waals surface area contributed by atoms with Crippen molar-refractivity contribution in [1.29, 1.82) is 0 Å². The van der Waals surface area contributed by atoms with Crippen LogP contribution in [-0.2, 0) is 9.47 Å². The number of carbonyl (C=O) groups is 2. The molecule has 0 aliphatic rings. The molecule has 0 saturated carbocycles. The predicted molar refractivity (Wildman–Crippen MR) is 95.3 cm³/mol. The minimum Gasteiger partial charge on any atom is -0.461 e. The molecule has 1 heterocycles. The van der Waals surface area contributed by atoms with Gasteiger partial charge in [-0.2, -0.15) is 10.3 Å². The Hall–Kier alpha value is -2.42. The quantitative estimate of drug-likeness (QED) is 0.743. The molecular formula is C16H19BrN4O4. The molecule has 2 aromatic rings. The van der Waals surface area contributed by atoms with E-state index in [1.165, 1.54) is 0 Å². The Morgan fingerprint density at radius 2 is 2.00 bits per heavy atom. The summed E-state index contributed by atoms with van der Waals surface area (Å²) < 4.78 is 11.0. The van der Waals surface area contributed by atoms with Crippen LogP contribution in [0.1, 0.15) is 38.2 Å². The molecular weight excluding hydrogens is 392 g/mol. The Balaban J connectivity index is 2.39. The van der Waals surface area contributed by atoms with E-state index in [-0.39, 0.29) is 18.0 Å². The van der Waals surface area contributed by atoms with E-state index in [0.717, 1.165) is 4.47 Å². The van der Waals surface area contributed by atoms with Crippen LogP contribution < -0.4 is 5.32 Å². The zero-order valence-electron chi connectivity index (χ0n) is 14.3. The molecule has 2 N–H and O–H groups in total. The standard InChI is InChI=1S/C16H19BrN4O4/c1-5-24-14(22)13-12(19-21-20-13)10-7-6-9(17)8-11(10)18-15(23)25-16(2,3)4/h6-8H,5H2,1-4H3,(H,18,23)(H,19,20,21). The van der Waals surface area contributed by atoms with Crippen molar-refractivity contribution >= 4 is 33.7 Å². The van der Waals surface area contributed by atoms with Crippen LogP contribution >= 0.6 is 15.9 Å². The summed E-state index contributed by atoms with van der Waals surface area (Å²) in [5.41, 5.74) is 0.600. The first kappa shape index (κ1) is 18.9. The molecule has 0 spiro atoms. The van der Waals surface area contributed by atoms with Gasteiger partial charge in [0.05, 0.1) is 12.3 Å². The van der Waals surface area contributed by atoms with Crippen molar-refractivity contribution < 1.29 is 19.1 Å². The molecule has 1 aromatic carbocycles. The molecule has 0 aliphatic heterocycles. The zero-order chi connectivity index (χ0) is 18.6. The third-order valence-electron chi connectivity index (χ3n) is 2.89. The number of nitrogens with one attached hydrogen (secondary N) is 2. The summed E-state index contributed by atoms with van der Waals surface area (Å²) in [4.78, 5) is 24.1. The van der Waals surface area contributed by atoms with Gasteiger partial charge in [0, 0.05) is 10.0 Å². The molecule has 2 rings (SSSR count). The smallest absolute Gasteiger partial charge is 0.412 e. The monoisotopic (exact) mass is 410 g/mol. The summed E-state index contributed by atoms with van der Waals surface area (Å²) in [5, 5.41) is 12.9. The molecule has 0 radical (unpaired) electrons. The highest BCUT2D eigenvalue weighted by Gasteiger charge is 2.23. The fourth-order valence-electron chi connectivity index (χ4n) is 2.00. The van der Waals surface area contributed by atoms with E-state index in [1.807, 2.05) is 0 Å². The van der Waals surface area contributed by atoms with Crippen LogP contribution in [0.25, 0.3) is 11.3 Å². The maximum Gasteiger partial charge on any atom is 0.412 e. The molecule has 1 aromatic heterocycles. The van der Waals surface area contributed by atoms with Crippen LogP contribution in [0.4, 0.5) is 10.5 Å². The van der Waals surface area contributed by atoms with E-state index >= 15 is 0 Å². The Kier molecular flexibility index (Phi) is 5.78. The van der Waals surface area contributed by atoms with Gasteiger partial charge in [-0.25, -0.2) is 9.59 Å². The number of H-pyrrole nitrogens is 1. The van der Waals surface area contributed by atoms with Gasteiger partial charge >= 0.3 is 12.1 Å². The van der Waals surface area contributed by atoms with Crippen LogP contribution in [0.2, 0.25) is 0 Å². The number of ether oxygens (including phenoxy) is 2. The second-order valence-electron chi connectivity index (χ2n) is 6.06. The van der Waals surface area contributed by atoms with Crippen molar-refractivity contribution in [3.63, 3.8) is 0 Å². The van der Waals surface area contributed by atoms with E-state index < -0.39 is 17.7 Å². The number of benzene rings is 1. The molecule has 0 fully saturated rings. The Morgan fingerprint density at radius 1 is 1.28 bits per heavy atom. The average molecular weight is 411 g/mol. The summed E-state index contributed by atoms with van der Waals surface area (Å²) in [6.45, 7) is 7.22. The van der Waals surface area contributed by atoms with Gasteiger partial charge in [0.2, 0.25) is 0 Å². The van der Waals surface area contributed by atoms with Crippen molar-refractivity contribution in [2.75, 3.05) is 11.9 Å². The maximum atomic E-state index is 12.1. The zero-order valence-corrected chi connectivity index (χ0v) is 15.9. The average Bonchev–Trinajstić information content (AvgIpc) is 2.94. The summed E-state index contributed by atoms with van der Waals surface area (Å²) in [5.74, 6) is -0.600. The number of hydrogen-bond acceptors (Lipinski definition) is 6. The lowest BCUT2D eigenvalue weighted by atomic mass is 10.1. The topological polar surface area (TPSA) is 106 Å². The number of halogens is 1. The highest BCUT2D eigenvalue weighted by Crippen LogP contribution is 2.31. The van der Waals surface area contributed by atoms with Gasteiger partial charge in [0.15, 0.2) is 5.69 Å². The predicted octanol–water partition coefficient (Wildman–Crippen LogP) is 3.76. The van der Waals surface area contributed by atoms with E-state index in [4.69, 9.17) is 9.47 Å². The lowest BCUT2D eigenvalue weighted by Gasteiger charge is -2.20. The number of esters is 1. The van der Waals surface area contributed by atoms with Crippen LogP contribution in [0.3, 0.4) is 0 Å². The van der Waals surface area contributed by atoms with Crippen LogP contribution in [0.15, 0.2) is 22.7 Å². The SMILES string of the molecule is CCOC(=O)c1n[nH]nc1-c1ccc(Br)cc1NC(=O)OC(C)(C)C. The van der Waals surface area contributed by atoms with Crippen molar-refractivity contribution in [2.24, 2.45) is 0 Å². The lowest BCUT2D eigenvalue weighted by Crippen LogP contribution is -2.27. The van der Waals surface area contributed by atoms with Gasteiger partial charge in [-0.3, -0.25) is 5.32 Å². The number of amides is 1. The summed E-state index contributed by atoms with van der Waals surface area (Å²) >= 11 is 3.36. The molecule has 0 unspecified atom stereocenters. The molecule has 134 valence electrons. The third kappa shape index (κ3) is 5.02. The van der Waals surface area contributed by atoms with Gasteiger partial charge in [0.1, 0.15) is 11.3 Å². The summed E-state index contributed by atoms with van der Waals surface area (Å²) in [7, 11) is 0. The number of rotatable bonds is 4. The first-order valence-corrected chi connectivity index (χ1v) is 8.38. The van der Waals surface area contributed by atoms with Crippen LogP contribution in [0, 0.1) is 0 Å². The molecule has 0 aliphatic carbocycles. The van der Waals surface area contributed by atoms with E-state index in [0.29, 0.717) is 11.3 Å². The highest BCUT2D eigenvalue weighted by atomic mass is 79.9. The molecule has 1 amide bonds. The minimum atomic E-state index is -0.639. The summed E-state index contributed by atoms with van der Waals surface area (Å²) in [6, 6.07) is 5.15. The first-order chi connectivity index (χ1) is 11.7. The fourth-order valence-corrected chi connectivity index (χ4v) is 2.36. The molecule has 0 saturated heterocycles. The number of aromatic nitrogens is 3. The van der Waals surface area contributed by atoms with Gasteiger partial charge in [-0.15, -0.1) is 5.10 Å². The molecule has 0 bridgehead atoms. The molecule has 0 atom stereocenters. The van der Waals surface area contributed by atoms with E-state index in [9.17, 15) is 9.59 Å². The number of anilines is 1. The summed E-state index contributed by atoms with van der Waals surface area (Å²) in [6.07, 6.45) is -0.618. The van der Waals surface area contributed by atoms with Crippen molar-refractivity contribution in [2.45, 2.75) is 33.3 Å². The highest BCUT2D eigenvalue weighted by molar-refractivity contribution is 9.10. The molecule has 25 heavy (non-hydrogen) atoms. The maximum absolute atomic E-state index is 12.1. The molecule has 8 nitrogen and oxygen atoms in total. The fraction of sp³-hybridized carbons (Fsp3) is 0.375. The lowest BCUT2D eigenvalue weighted by molar-refractivity contribution is 0.0519. The minimum absolute atomic E-state index is 0.0383. The van der Waals surface area contributed by atoms with Gasteiger partial charge in [-0.1, -0.05) is 15.9 Å². The van der Waals surface area contributed by atoms with Crippen LogP contribution in [0.5, 0.6) is 0 Å². The van der Waals surface area contributed by atoms with Crippen LogP contribution in [-0.4, -0.2) is 39.7 Å². The van der Waals surface area contributed by atoms with E-state index in [2.05, 4.69) is 36.7 Å². The van der Waals surface area contributed by atoms with Gasteiger partial charge < -0.3 is 9.47 Å². The third-order valence-corrected chi connectivity index (χ3v) is 3.38. The Bertz CT molecular complexity index is 783. The number of hydrogen-bond donors (Lipinski definition) is 2. The number of carbonyl (C=O) groups excluding carboxylic acids is 2. The van der Waals surface area contributed by atoms with Gasteiger partial charge in [-0.05, 0) is 45.9 Å².